The predicted molar refractivity (Wildman–Crippen MR) is 69.6 cm³/mol. The van der Waals surface area contributed by atoms with E-state index < -0.39 is 0 Å². The topological polar surface area (TPSA) is 0 Å². The van der Waals surface area contributed by atoms with Gasteiger partial charge in [-0.3, -0.25) is 0 Å². The van der Waals surface area contributed by atoms with Gasteiger partial charge in [-0.05, 0) is 39.5 Å². The molecule has 0 aliphatic rings. The van der Waals surface area contributed by atoms with Gasteiger partial charge in [-0.1, -0.05) is 55.0 Å². The molecule has 1 atom stereocenters. The van der Waals surface area contributed by atoms with Crippen LogP contribution in [0.15, 0.2) is 41.5 Å². The van der Waals surface area contributed by atoms with Crippen LogP contribution in [-0.2, 0) is 0 Å². The first-order chi connectivity index (χ1) is 7.06. The van der Waals surface area contributed by atoms with Crippen LogP contribution in [0.1, 0.15) is 40.5 Å². The summed E-state index contributed by atoms with van der Waals surface area (Å²) in [5.74, 6) is 0.354. The van der Waals surface area contributed by atoms with Crippen LogP contribution >= 0.6 is 0 Å². The summed E-state index contributed by atoms with van der Waals surface area (Å²) in [6.45, 7) is 13.9. The summed E-state index contributed by atoms with van der Waals surface area (Å²) in [5, 5.41) is 0. The lowest BCUT2D eigenvalue weighted by molar-refractivity contribution is 0.938. The summed E-state index contributed by atoms with van der Waals surface area (Å²) in [4.78, 5) is 0. The van der Waals surface area contributed by atoms with Crippen LogP contribution in [0.25, 0.3) is 0 Å². The zero-order chi connectivity index (χ0) is 11.7. The van der Waals surface area contributed by atoms with E-state index in [1.165, 1.54) is 11.1 Å². The molecule has 0 nitrogen and oxygen atoms in total. The summed E-state index contributed by atoms with van der Waals surface area (Å²) in [6.07, 6.45) is 12.6. The summed E-state index contributed by atoms with van der Waals surface area (Å²) in [7, 11) is 0. The summed E-state index contributed by atoms with van der Waals surface area (Å²) < 4.78 is 0. The second-order valence-corrected chi connectivity index (χ2v) is 4.27. The molecule has 0 amide bonds. The van der Waals surface area contributed by atoms with Gasteiger partial charge >= 0.3 is 0 Å². The molecule has 0 fully saturated rings. The summed E-state index contributed by atoms with van der Waals surface area (Å²) in [6, 6.07) is 0. The third kappa shape index (κ3) is 9.27. The highest BCUT2D eigenvalue weighted by Crippen LogP contribution is 2.07. The molecule has 0 heterocycles. The third-order valence-corrected chi connectivity index (χ3v) is 2.19. The van der Waals surface area contributed by atoms with Crippen molar-refractivity contribution in [3.8, 4) is 0 Å². The van der Waals surface area contributed by atoms with Crippen molar-refractivity contribution in [2.24, 2.45) is 5.92 Å². The SMILES string of the molecule is [CH]=CC(C)C=CC=C(C)CCC=C(C)C. The molecule has 0 aromatic heterocycles. The Bertz CT molecular complexity index is 260. The van der Waals surface area contributed by atoms with Crippen molar-refractivity contribution in [3.05, 3.63) is 48.1 Å². The number of hydrogen-bond acceptors (Lipinski definition) is 0. The minimum atomic E-state index is 0.354. The lowest BCUT2D eigenvalue weighted by Crippen LogP contribution is -1.80. The zero-order valence-corrected chi connectivity index (χ0v) is 10.5. The quantitative estimate of drug-likeness (QED) is 0.427. The first kappa shape index (κ1) is 14.0. The summed E-state index contributed by atoms with van der Waals surface area (Å²) in [5.41, 5.74) is 2.80. The fraction of sp³-hybridized carbons (Fsp3) is 0.467. The van der Waals surface area contributed by atoms with Crippen LogP contribution in [0.2, 0.25) is 0 Å². The minimum absolute atomic E-state index is 0.354. The Morgan fingerprint density at radius 3 is 2.47 bits per heavy atom. The Labute approximate surface area is 95.1 Å². The zero-order valence-electron chi connectivity index (χ0n) is 10.5. The van der Waals surface area contributed by atoms with E-state index in [4.69, 9.17) is 6.58 Å². The maximum atomic E-state index is 5.40. The highest BCUT2D eigenvalue weighted by Gasteiger charge is 1.88. The molecular formula is C15H23. The number of allylic oxidation sites excluding steroid dienone is 7. The third-order valence-electron chi connectivity index (χ3n) is 2.19. The van der Waals surface area contributed by atoms with Gasteiger partial charge in [-0.25, -0.2) is 0 Å². The molecule has 0 rings (SSSR count). The van der Waals surface area contributed by atoms with Crippen LogP contribution in [-0.4, -0.2) is 0 Å². The van der Waals surface area contributed by atoms with E-state index in [1.807, 2.05) is 0 Å². The van der Waals surface area contributed by atoms with Crippen molar-refractivity contribution in [2.45, 2.75) is 40.5 Å². The van der Waals surface area contributed by atoms with Crippen molar-refractivity contribution in [1.82, 2.24) is 0 Å². The molecule has 1 unspecified atom stereocenters. The van der Waals surface area contributed by atoms with Gasteiger partial charge in [0.2, 0.25) is 0 Å². The first-order valence-corrected chi connectivity index (χ1v) is 5.58. The Morgan fingerprint density at radius 1 is 1.27 bits per heavy atom. The Morgan fingerprint density at radius 2 is 1.93 bits per heavy atom. The molecule has 0 saturated carbocycles. The van der Waals surface area contributed by atoms with Gasteiger partial charge in [0.15, 0.2) is 0 Å². The number of hydrogen-bond donors (Lipinski definition) is 0. The monoisotopic (exact) mass is 203 g/mol. The van der Waals surface area contributed by atoms with E-state index in [2.05, 4.69) is 52.0 Å². The Kier molecular flexibility index (Phi) is 7.71. The second kappa shape index (κ2) is 8.28. The van der Waals surface area contributed by atoms with E-state index in [0.717, 1.165) is 12.8 Å². The van der Waals surface area contributed by atoms with Gasteiger partial charge in [0, 0.05) is 0 Å². The van der Waals surface area contributed by atoms with E-state index in [1.54, 1.807) is 6.08 Å². The van der Waals surface area contributed by atoms with E-state index in [9.17, 15) is 0 Å². The van der Waals surface area contributed by atoms with Crippen LogP contribution < -0.4 is 0 Å². The highest BCUT2D eigenvalue weighted by atomic mass is 13.9. The van der Waals surface area contributed by atoms with Gasteiger partial charge in [0.1, 0.15) is 0 Å². The van der Waals surface area contributed by atoms with Gasteiger partial charge in [-0.15, -0.1) is 0 Å². The average Bonchev–Trinajstić information content (AvgIpc) is 2.17. The smallest absolute Gasteiger partial charge is 0.00756 e. The molecule has 15 heavy (non-hydrogen) atoms. The van der Waals surface area contributed by atoms with E-state index >= 15 is 0 Å². The fourth-order valence-corrected chi connectivity index (χ4v) is 1.13. The molecule has 0 saturated heterocycles. The standard InChI is InChI=1S/C15H23/c1-6-14(4)10-8-12-15(5)11-7-9-13(2)3/h1,6,8-10,12,14H,7,11H2,2-5H3. The molecule has 0 N–H and O–H groups in total. The van der Waals surface area contributed by atoms with Gasteiger partial charge in [-0.2, -0.15) is 0 Å². The second-order valence-electron chi connectivity index (χ2n) is 4.27. The first-order valence-electron chi connectivity index (χ1n) is 5.58. The van der Waals surface area contributed by atoms with Crippen LogP contribution in [0.4, 0.5) is 0 Å². The highest BCUT2D eigenvalue weighted by molar-refractivity contribution is 5.13. The minimum Gasteiger partial charge on any atom is -0.0856 e. The fourth-order valence-electron chi connectivity index (χ4n) is 1.13. The van der Waals surface area contributed by atoms with Gasteiger partial charge in [0.05, 0.1) is 0 Å². The molecule has 0 aromatic rings. The molecular weight excluding hydrogens is 180 g/mol. The van der Waals surface area contributed by atoms with Crippen molar-refractivity contribution < 1.29 is 0 Å². The molecule has 0 aliphatic carbocycles. The predicted octanol–water partition coefficient (Wildman–Crippen LogP) is 4.86. The van der Waals surface area contributed by atoms with E-state index in [0.29, 0.717) is 5.92 Å². The molecule has 0 aliphatic heterocycles. The van der Waals surface area contributed by atoms with Gasteiger partial charge in [0.25, 0.3) is 0 Å². The normalized spacial score (nSPS) is 14.0. The van der Waals surface area contributed by atoms with Crippen LogP contribution in [0, 0.1) is 12.5 Å². The Balaban J connectivity index is 3.94. The molecule has 0 aromatic carbocycles. The lowest BCUT2D eigenvalue weighted by atomic mass is 10.1. The maximum Gasteiger partial charge on any atom is -0.00756 e. The molecule has 1 radical (unpaired) electrons. The lowest BCUT2D eigenvalue weighted by Gasteiger charge is -1.97. The molecule has 0 spiro atoms. The van der Waals surface area contributed by atoms with Crippen molar-refractivity contribution in [2.75, 3.05) is 0 Å². The average molecular weight is 203 g/mol. The van der Waals surface area contributed by atoms with E-state index in [-0.39, 0.29) is 0 Å². The Hall–Kier alpha value is -1.04. The van der Waals surface area contributed by atoms with Crippen LogP contribution in [0.3, 0.4) is 0 Å². The summed E-state index contributed by atoms with van der Waals surface area (Å²) >= 11 is 0. The number of rotatable bonds is 6. The molecule has 0 bridgehead atoms. The largest absolute Gasteiger partial charge is 0.0856 e. The van der Waals surface area contributed by atoms with Gasteiger partial charge < -0.3 is 0 Å². The van der Waals surface area contributed by atoms with Crippen molar-refractivity contribution in [3.63, 3.8) is 0 Å². The maximum absolute atomic E-state index is 5.40. The molecule has 0 heteroatoms. The van der Waals surface area contributed by atoms with Crippen molar-refractivity contribution in [1.29, 1.82) is 0 Å². The molecule has 83 valence electrons. The van der Waals surface area contributed by atoms with Crippen LogP contribution in [0.5, 0.6) is 0 Å². The van der Waals surface area contributed by atoms with Crippen molar-refractivity contribution >= 4 is 0 Å².